The molecule has 162 valence electrons. The number of hydrogen-bond donors (Lipinski definition) is 1. The maximum absolute atomic E-state index is 12.4. The smallest absolute Gasteiger partial charge is 0.328 e. The van der Waals surface area contributed by atoms with Gasteiger partial charge in [0.1, 0.15) is 12.3 Å². The maximum Gasteiger partial charge on any atom is 0.328 e. The number of allylic oxidation sites excluding steroid dienone is 1. The third-order valence-electron chi connectivity index (χ3n) is 4.69. The van der Waals surface area contributed by atoms with E-state index in [1.54, 1.807) is 37.3 Å². The van der Waals surface area contributed by atoms with E-state index in [0.717, 1.165) is 16.0 Å². The van der Waals surface area contributed by atoms with E-state index in [-0.39, 0.29) is 18.2 Å². The molecule has 1 heterocycles. The lowest BCUT2D eigenvalue weighted by molar-refractivity contribution is -0.122. The van der Waals surface area contributed by atoms with Crippen LogP contribution in [0.2, 0.25) is 10.0 Å². The highest BCUT2D eigenvalue weighted by Gasteiger charge is 2.32. The summed E-state index contributed by atoms with van der Waals surface area (Å²) in [6.07, 6.45) is 3.89. The summed E-state index contributed by atoms with van der Waals surface area (Å²) >= 11 is 12.1. The van der Waals surface area contributed by atoms with Crippen molar-refractivity contribution in [2.75, 3.05) is 13.7 Å². The summed E-state index contributed by atoms with van der Waals surface area (Å²) in [4.78, 5) is 25.4. The van der Waals surface area contributed by atoms with Gasteiger partial charge < -0.3 is 14.8 Å². The summed E-state index contributed by atoms with van der Waals surface area (Å²) in [5.74, 6) is 0.694. The molecule has 3 amide bonds. The molecule has 6 nitrogen and oxygen atoms in total. The van der Waals surface area contributed by atoms with Crippen LogP contribution in [-0.4, -0.2) is 30.5 Å². The van der Waals surface area contributed by atoms with Crippen molar-refractivity contribution in [2.24, 2.45) is 0 Å². The molecule has 0 radical (unpaired) electrons. The summed E-state index contributed by atoms with van der Waals surface area (Å²) in [5, 5.41) is 3.52. The van der Waals surface area contributed by atoms with Crippen molar-refractivity contribution >= 4 is 41.2 Å². The van der Waals surface area contributed by atoms with Gasteiger partial charge >= 0.3 is 6.03 Å². The van der Waals surface area contributed by atoms with Gasteiger partial charge in [0.15, 0.2) is 11.5 Å². The van der Waals surface area contributed by atoms with Gasteiger partial charge in [-0.1, -0.05) is 35.3 Å². The minimum absolute atomic E-state index is 0.211. The van der Waals surface area contributed by atoms with Gasteiger partial charge in [-0.25, -0.2) is 4.79 Å². The lowest BCUT2D eigenvalue weighted by Crippen LogP contribution is -2.30. The third-order valence-corrected chi connectivity index (χ3v) is 5.43. The second-order valence-electron chi connectivity index (χ2n) is 6.78. The molecule has 0 aliphatic carbocycles. The Morgan fingerprint density at radius 1 is 1.16 bits per heavy atom. The predicted molar refractivity (Wildman–Crippen MR) is 122 cm³/mol. The molecule has 1 fully saturated rings. The lowest BCUT2D eigenvalue weighted by atomic mass is 10.0. The number of hydrogen-bond acceptors (Lipinski definition) is 4. The second kappa shape index (κ2) is 9.90. The summed E-state index contributed by atoms with van der Waals surface area (Å²) in [6.45, 7) is 6.11. The first-order valence-electron chi connectivity index (χ1n) is 9.61. The number of carbonyl (C=O) groups is 2. The van der Waals surface area contributed by atoms with Crippen LogP contribution in [0.25, 0.3) is 6.08 Å². The monoisotopic (exact) mass is 460 g/mol. The fourth-order valence-electron chi connectivity index (χ4n) is 3.20. The van der Waals surface area contributed by atoms with Gasteiger partial charge in [0.05, 0.1) is 17.2 Å². The standard InChI is InChI=1S/C23H22Cl2N2O4/c1-4-6-16-9-15(11-19-22(28)27(5-2)23(29)26-19)12-20(30-3)21(16)31-13-14-7-8-17(24)18(25)10-14/h4,7-12H,1,5-6,13H2,2-3H3,(H,26,29)/b19-11+. The molecular weight excluding hydrogens is 439 g/mol. The number of carbonyl (C=O) groups excluding carboxylic acids is 2. The molecule has 0 saturated carbocycles. The number of benzene rings is 2. The van der Waals surface area contributed by atoms with Crippen LogP contribution in [0, 0.1) is 0 Å². The topological polar surface area (TPSA) is 67.9 Å². The van der Waals surface area contributed by atoms with Crippen LogP contribution in [0.3, 0.4) is 0 Å². The average Bonchev–Trinajstić information content (AvgIpc) is 3.01. The highest BCUT2D eigenvalue weighted by molar-refractivity contribution is 6.42. The molecule has 2 aromatic rings. The third kappa shape index (κ3) is 5.03. The molecule has 1 N–H and O–H groups in total. The van der Waals surface area contributed by atoms with Crippen LogP contribution in [0.4, 0.5) is 4.79 Å². The fraction of sp³-hybridized carbons (Fsp3) is 0.217. The van der Waals surface area contributed by atoms with Crippen molar-refractivity contribution in [3.05, 3.63) is 75.4 Å². The first-order chi connectivity index (χ1) is 14.9. The van der Waals surface area contributed by atoms with Gasteiger partial charge in [-0.15, -0.1) is 6.58 Å². The van der Waals surface area contributed by atoms with E-state index in [9.17, 15) is 9.59 Å². The van der Waals surface area contributed by atoms with E-state index in [2.05, 4.69) is 11.9 Å². The molecule has 2 aromatic carbocycles. The summed E-state index contributed by atoms with van der Waals surface area (Å²) in [5.41, 5.74) is 2.58. The van der Waals surface area contributed by atoms with Gasteiger partial charge in [-0.05, 0) is 54.8 Å². The molecule has 0 bridgehead atoms. The van der Waals surface area contributed by atoms with Crippen molar-refractivity contribution in [1.29, 1.82) is 0 Å². The number of imide groups is 1. The molecule has 0 spiro atoms. The van der Waals surface area contributed by atoms with E-state index < -0.39 is 6.03 Å². The van der Waals surface area contributed by atoms with Gasteiger partial charge in [-0.3, -0.25) is 9.69 Å². The average molecular weight is 461 g/mol. The number of likely N-dealkylation sites (N-methyl/N-ethyl adjacent to an activating group) is 1. The molecule has 0 unspecified atom stereocenters. The molecule has 0 aromatic heterocycles. The Bertz CT molecular complexity index is 1070. The SMILES string of the molecule is C=CCc1cc(/C=C2/NC(=O)N(CC)C2=O)cc(OC)c1OCc1ccc(Cl)c(Cl)c1. The Hall–Kier alpha value is -2.96. The molecule has 3 rings (SSSR count). The molecular formula is C23H22Cl2N2O4. The summed E-state index contributed by atoms with van der Waals surface area (Å²) in [7, 11) is 1.54. The zero-order valence-corrected chi connectivity index (χ0v) is 18.7. The minimum atomic E-state index is -0.432. The quantitative estimate of drug-likeness (QED) is 0.333. The number of halogens is 2. The van der Waals surface area contributed by atoms with Crippen molar-refractivity contribution in [1.82, 2.24) is 10.2 Å². The number of nitrogens with zero attached hydrogens (tertiary/aromatic N) is 1. The van der Waals surface area contributed by atoms with E-state index in [0.29, 0.717) is 40.1 Å². The Balaban J connectivity index is 1.93. The van der Waals surface area contributed by atoms with Crippen LogP contribution in [-0.2, 0) is 17.8 Å². The Morgan fingerprint density at radius 3 is 2.55 bits per heavy atom. The fourth-order valence-corrected chi connectivity index (χ4v) is 3.52. The highest BCUT2D eigenvalue weighted by atomic mass is 35.5. The number of nitrogens with one attached hydrogen (secondary N) is 1. The number of urea groups is 1. The Labute approximate surface area is 191 Å². The lowest BCUT2D eigenvalue weighted by Gasteiger charge is -2.16. The van der Waals surface area contributed by atoms with Gasteiger partial charge in [0.2, 0.25) is 0 Å². The van der Waals surface area contributed by atoms with Crippen molar-refractivity contribution in [3.8, 4) is 11.5 Å². The van der Waals surface area contributed by atoms with Crippen LogP contribution in [0.5, 0.6) is 11.5 Å². The van der Waals surface area contributed by atoms with Gasteiger partial charge in [0.25, 0.3) is 5.91 Å². The second-order valence-corrected chi connectivity index (χ2v) is 7.59. The van der Waals surface area contributed by atoms with Crippen LogP contribution < -0.4 is 14.8 Å². The van der Waals surface area contributed by atoms with Crippen LogP contribution >= 0.6 is 23.2 Å². The zero-order chi connectivity index (χ0) is 22.5. The number of ether oxygens (including phenoxy) is 2. The molecule has 1 saturated heterocycles. The molecule has 8 heteroatoms. The molecule has 1 aliphatic rings. The van der Waals surface area contributed by atoms with Crippen molar-refractivity contribution in [3.63, 3.8) is 0 Å². The predicted octanol–water partition coefficient (Wildman–Crippen LogP) is 5.22. The van der Waals surface area contributed by atoms with E-state index >= 15 is 0 Å². The van der Waals surface area contributed by atoms with Crippen LogP contribution in [0.15, 0.2) is 48.7 Å². The van der Waals surface area contributed by atoms with Gasteiger partial charge in [0, 0.05) is 12.1 Å². The van der Waals surface area contributed by atoms with E-state index in [1.807, 2.05) is 12.1 Å². The number of amides is 3. The first-order valence-corrected chi connectivity index (χ1v) is 10.4. The Morgan fingerprint density at radius 2 is 1.94 bits per heavy atom. The minimum Gasteiger partial charge on any atom is -0.493 e. The van der Waals surface area contributed by atoms with Crippen LogP contribution in [0.1, 0.15) is 23.6 Å². The Kier molecular flexibility index (Phi) is 7.25. The largest absolute Gasteiger partial charge is 0.493 e. The first kappa shape index (κ1) is 22.7. The zero-order valence-electron chi connectivity index (χ0n) is 17.2. The number of rotatable bonds is 8. The highest BCUT2D eigenvalue weighted by Crippen LogP contribution is 2.35. The number of methoxy groups -OCH3 is 1. The van der Waals surface area contributed by atoms with Gasteiger partial charge in [-0.2, -0.15) is 0 Å². The van der Waals surface area contributed by atoms with E-state index in [4.69, 9.17) is 32.7 Å². The molecule has 31 heavy (non-hydrogen) atoms. The normalized spacial score (nSPS) is 14.7. The van der Waals surface area contributed by atoms with Crippen molar-refractivity contribution in [2.45, 2.75) is 20.0 Å². The summed E-state index contributed by atoms with van der Waals surface area (Å²) in [6, 6.07) is 8.48. The molecule has 0 atom stereocenters. The maximum atomic E-state index is 12.4. The summed E-state index contributed by atoms with van der Waals surface area (Å²) < 4.78 is 11.6. The van der Waals surface area contributed by atoms with Crippen molar-refractivity contribution < 1.29 is 19.1 Å². The molecule has 1 aliphatic heterocycles. The van der Waals surface area contributed by atoms with E-state index in [1.165, 1.54) is 7.11 Å².